The van der Waals surface area contributed by atoms with Crippen LogP contribution in [0.4, 0.5) is 5.69 Å². The van der Waals surface area contributed by atoms with Crippen LogP contribution in [0.25, 0.3) is 0 Å². The van der Waals surface area contributed by atoms with E-state index in [1.165, 1.54) is 29.2 Å². The van der Waals surface area contributed by atoms with Gasteiger partial charge in [0.15, 0.2) is 0 Å². The second-order valence-electron chi connectivity index (χ2n) is 11.1. The summed E-state index contributed by atoms with van der Waals surface area (Å²) in [5.41, 5.74) is 2.68. The minimum atomic E-state index is -4.24. The monoisotopic (exact) mass is 699 g/mol. The van der Waals surface area contributed by atoms with Gasteiger partial charge in [0, 0.05) is 24.0 Å². The molecule has 242 valence electrons. The second-order valence-corrected chi connectivity index (χ2v) is 14.2. The highest BCUT2D eigenvalue weighted by atomic mass is 35.5. The van der Waals surface area contributed by atoms with Gasteiger partial charge in [-0.3, -0.25) is 13.9 Å². The Bertz CT molecular complexity index is 1750. The van der Waals surface area contributed by atoms with Gasteiger partial charge < -0.3 is 10.2 Å². The van der Waals surface area contributed by atoms with Gasteiger partial charge in [-0.1, -0.05) is 95.8 Å². The minimum absolute atomic E-state index is 0.0239. The zero-order valence-electron chi connectivity index (χ0n) is 25.8. The van der Waals surface area contributed by atoms with Crippen LogP contribution in [-0.4, -0.2) is 43.8 Å². The van der Waals surface area contributed by atoms with Crippen LogP contribution >= 0.6 is 34.8 Å². The Kier molecular flexibility index (Phi) is 12.1. The maximum atomic E-state index is 14.5. The highest BCUT2D eigenvalue weighted by molar-refractivity contribution is 7.92. The maximum Gasteiger partial charge on any atom is 0.264 e. The number of benzene rings is 4. The summed E-state index contributed by atoms with van der Waals surface area (Å²) < 4.78 is 29.3. The first-order valence-corrected chi connectivity index (χ1v) is 17.4. The van der Waals surface area contributed by atoms with E-state index in [-0.39, 0.29) is 29.8 Å². The molecular weight excluding hydrogens is 665 g/mol. The fourth-order valence-electron chi connectivity index (χ4n) is 4.80. The van der Waals surface area contributed by atoms with E-state index in [9.17, 15) is 18.0 Å². The second kappa shape index (κ2) is 15.8. The molecule has 2 atom stereocenters. The van der Waals surface area contributed by atoms with E-state index in [2.05, 4.69) is 5.32 Å². The van der Waals surface area contributed by atoms with Crippen molar-refractivity contribution in [3.63, 3.8) is 0 Å². The summed E-state index contributed by atoms with van der Waals surface area (Å²) >= 11 is 18.6. The number of rotatable bonds is 13. The molecular formula is C35H36Cl3N3O4S. The summed E-state index contributed by atoms with van der Waals surface area (Å²) in [5.74, 6) is -0.932. The first-order chi connectivity index (χ1) is 21.9. The van der Waals surface area contributed by atoms with Crippen molar-refractivity contribution >= 4 is 62.3 Å². The number of hydrogen-bond acceptors (Lipinski definition) is 4. The first kappa shape index (κ1) is 35.3. The molecule has 2 unspecified atom stereocenters. The molecule has 4 aromatic rings. The van der Waals surface area contributed by atoms with E-state index in [0.717, 1.165) is 15.4 Å². The van der Waals surface area contributed by atoms with E-state index < -0.39 is 28.5 Å². The average Bonchev–Trinajstić information content (AvgIpc) is 3.04. The quantitative estimate of drug-likeness (QED) is 0.155. The Hall–Kier alpha value is -3.56. The third-order valence-corrected chi connectivity index (χ3v) is 10.4. The third-order valence-electron chi connectivity index (χ3n) is 7.61. The number of halogens is 3. The van der Waals surface area contributed by atoms with Gasteiger partial charge >= 0.3 is 0 Å². The maximum absolute atomic E-state index is 14.5. The number of nitrogens with one attached hydrogen (secondary N) is 1. The Morgan fingerprint density at radius 2 is 1.48 bits per heavy atom. The summed E-state index contributed by atoms with van der Waals surface area (Å²) in [6, 6.07) is 25.8. The summed E-state index contributed by atoms with van der Waals surface area (Å²) in [5, 5.41) is 4.03. The molecule has 46 heavy (non-hydrogen) atoms. The number of anilines is 1. The predicted octanol–water partition coefficient (Wildman–Crippen LogP) is 7.71. The molecule has 0 aliphatic heterocycles. The van der Waals surface area contributed by atoms with E-state index >= 15 is 0 Å². The minimum Gasteiger partial charge on any atom is -0.352 e. The van der Waals surface area contributed by atoms with Gasteiger partial charge in [0.05, 0.1) is 20.6 Å². The van der Waals surface area contributed by atoms with Crippen molar-refractivity contribution in [2.75, 3.05) is 10.8 Å². The van der Waals surface area contributed by atoms with Gasteiger partial charge in [-0.2, -0.15) is 0 Å². The summed E-state index contributed by atoms with van der Waals surface area (Å²) in [6.07, 6.45) is 0.885. The molecule has 4 rings (SSSR count). The number of amides is 2. The van der Waals surface area contributed by atoms with Crippen molar-refractivity contribution in [1.82, 2.24) is 10.2 Å². The Balaban J connectivity index is 1.82. The Labute approximate surface area is 286 Å². The summed E-state index contributed by atoms with van der Waals surface area (Å²) in [7, 11) is -4.24. The fourth-order valence-corrected chi connectivity index (χ4v) is 6.66. The van der Waals surface area contributed by atoms with Crippen LogP contribution in [0.5, 0.6) is 0 Å². The fraction of sp³-hybridized carbons (Fsp3) is 0.257. The number of nitrogens with zero attached hydrogens (tertiary/aromatic N) is 2. The van der Waals surface area contributed by atoms with Crippen LogP contribution in [0.3, 0.4) is 0 Å². The topological polar surface area (TPSA) is 86.8 Å². The smallest absolute Gasteiger partial charge is 0.264 e. The summed E-state index contributed by atoms with van der Waals surface area (Å²) in [4.78, 5) is 29.8. The van der Waals surface area contributed by atoms with Crippen molar-refractivity contribution in [2.45, 2.75) is 57.1 Å². The molecule has 0 fully saturated rings. The molecule has 0 radical (unpaired) electrons. The van der Waals surface area contributed by atoms with E-state index in [1.807, 2.05) is 51.1 Å². The molecule has 0 saturated carbocycles. The van der Waals surface area contributed by atoms with Crippen LogP contribution in [-0.2, 0) is 32.6 Å². The van der Waals surface area contributed by atoms with Crippen LogP contribution in [0, 0.1) is 6.92 Å². The Morgan fingerprint density at radius 3 is 2.09 bits per heavy atom. The lowest BCUT2D eigenvalue weighted by Gasteiger charge is -2.34. The van der Waals surface area contributed by atoms with Gasteiger partial charge in [-0.15, -0.1) is 0 Å². The van der Waals surface area contributed by atoms with Gasteiger partial charge in [0.1, 0.15) is 12.6 Å². The molecule has 1 N–H and O–H groups in total. The molecule has 11 heteroatoms. The van der Waals surface area contributed by atoms with Crippen LogP contribution in [0.2, 0.25) is 15.1 Å². The molecule has 4 aromatic carbocycles. The van der Waals surface area contributed by atoms with E-state index in [4.69, 9.17) is 34.8 Å². The zero-order valence-corrected chi connectivity index (χ0v) is 28.9. The normalized spacial score (nSPS) is 12.7. The zero-order chi connectivity index (χ0) is 33.4. The molecule has 2 amide bonds. The standard InChI is InChI=1S/C35H36Cl3N3O4S/c1-4-25(3)39-35(43)33(21-26-8-6-5-7-9-26)40(22-27-12-19-31(37)32(38)20-27)34(42)23-41(29-15-10-24(2)11-16-29)46(44,45)30-17-13-28(36)14-18-30/h5-20,25,33H,4,21-23H2,1-3H3,(H,39,43). The lowest BCUT2D eigenvalue weighted by molar-refractivity contribution is -0.140. The average molecular weight is 701 g/mol. The van der Waals surface area contributed by atoms with Crippen molar-refractivity contribution in [3.05, 3.63) is 129 Å². The molecule has 0 aliphatic rings. The van der Waals surface area contributed by atoms with Crippen molar-refractivity contribution < 1.29 is 18.0 Å². The SMILES string of the molecule is CCC(C)NC(=O)C(Cc1ccccc1)N(Cc1ccc(Cl)c(Cl)c1)C(=O)CN(c1ccc(C)cc1)S(=O)(=O)c1ccc(Cl)cc1. The van der Waals surface area contributed by atoms with Gasteiger partial charge in [0.2, 0.25) is 11.8 Å². The van der Waals surface area contributed by atoms with Crippen molar-refractivity contribution in [3.8, 4) is 0 Å². The highest BCUT2D eigenvalue weighted by Crippen LogP contribution is 2.28. The molecule has 0 aromatic heterocycles. The molecule has 7 nitrogen and oxygen atoms in total. The van der Waals surface area contributed by atoms with Gasteiger partial charge in [-0.05, 0) is 79.9 Å². The largest absolute Gasteiger partial charge is 0.352 e. The number of hydrogen-bond donors (Lipinski definition) is 1. The Morgan fingerprint density at radius 1 is 0.826 bits per heavy atom. The van der Waals surface area contributed by atoms with Gasteiger partial charge in [0.25, 0.3) is 10.0 Å². The molecule has 0 bridgehead atoms. The van der Waals surface area contributed by atoms with Gasteiger partial charge in [-0.25, -0.2) is 8.42 Å². The number of aryl methyl sites for hydroxylation is 1. The lowest BCUT2D eigenvalue weighted by Crippen LogP contribution is -2.54. The molecule has 0 aliphatic carbocycles. The number of sulfonamides is 1. The van der Waals surface area contributed by atoms with Crippen molar-refractivity contribution in [1.29, 1.82) is 0 Å². The highest BCUT2D eigenvalue weighted by Gasteiger charge is 2.35. The molecule has 0 spiro atoms. The summed E-state index contributed by atoms with van der Waals surface area (Å²) in [6.45, 7) is 5.13. The third kappa shape index (κ3) is 9.04. The van der Waals surface area contributed by atoms with Crippen LogP contribution in [0.1, 0.15) is 37.0 Å². The van der Waals surface area contributed by atoms with Crippen LogP contribution in [0.15, 0.2) is 102 Å². The molecule has 0 heterocycles. The molecule has 0 saturated heterocycles. The predicted molar refractivity (Wildman–Crippen MR) is 186 cm³/mol. The number of carbonyl (C=O) groups is 2. The van der Waals surface area contributed by atoms with Crippen LogP contribution < -0.4 is 9.62 Å². The lowest BCUT2D eigenvalue weighted by atomic mass is 10.0. The first-order valence-electron chi connectivity index (χ1n) is 14.8. The number of carbonyl (C=O) groups excluding carboxylic acids is 2. The van der Waals surface area contributed by atoms with Crippen molar-refractivity contribution in [2.24, 2.45) is 0 Å². The van der Waals surface area contributed by atoms with E-state index in [1.54, 1.807) is 42.5 Å². The van der Waals surface area contributed by atoms with E-state index in [0.29, 0.717) is 32.7 Å².